The fourth-order valence-electron chi connectivity index (χ4n) is 1.95. The maximum absolute atomic E-state index is 5.91. The van der Waals surface area contributed by atoms with Crippen LogP contribution in [0.15, 0.2) is 0 Å². The highest BCUT2D eigenvalue weighted by Crippen LogP contribution is 2.28. The lowest BCUT2D eigenvalue weighted by Crippen LogP contribution is -2.35. The second-order valence-corrected chi connectivity index (χ2v) is 5.13. The van der Waals surface area contributed by atoms with Crippen molar-refractivity contribution in [2.45, 2.75) is 57.8 Å². The van der Waals surface area contributed by atoms with Gasteiger partial charge in [0.15, 0.2) is 0 Å². The lowest BCUT2D eigenvalue weighted by molar-refractivity contribution is -0.0152. The van der Waals surface area contributed by atoms with Gasteiger partial charge in [-0.15, -0.1) is 0 Å². The molecule has 0 spiro atoms. The molecule has 3 nitrogen and oxygen atoms in total. The van der Waals surface area contributed by atoms with Gasteiger partial charge >= 0.3 is 0 Å². The van der Waals surface area contributed by atoms with Gasteiger partial charge in [-0.3, -0.25) is 0 Å². The molecule has 0 aromatic carbocycles. The molecule has 0 radical (unpaired) electrons. The van der Waals surface area contributed by atoms with Gasteiger partial charge in [0.05, 0.1) is 11.7 Å². The Kier molecular flexibility index (Phi) is 5.03. The van der Waals surface area contributed by atoms with E-state index in [1.165, 1.54) is 12.8 Å². The molecule has 1 aliphatic rings. The van der Waals surface area contributed by atoms with Gasteiger partial charge in [0, 0.05) is 26.3 Å². The quantitative estimate of drug-likeness (QED) is 0.734. The first-order chi connectivity index (χ1) is 7.03. The summed E-state index contributed by atoms with van der Waals surface area (Å²) < 4.78 is 11.0. The topological polar surface area (TPSA) is 30.5 Å². The maximum atomic E-state index is 5.91. The van der Waals surface area contributed by atoms with E-state index >= 15 is 0 Å². The second-order valence-electron chi connectivity index (χ2n) is 5.13. The monoisotopic (exact) mass is 215 g/mol. The highest BCUT2D eigenvalue weighted by Gasteiger charge is 2.31. The van der Waals surface area contributed by atoms with Crippen molar-refractivity contribution >= 4 is 0 Å². The van der Waals surface area contributed by atoms with E-state index in [9.17, 15) is 0 Å². The highest BCUT2D eigenvalue weighted by molar-refractivity contribution is 4.82. The summed E-state index contributed by atoms with van der Waals surface area (Å²) >= 11 is 0. The zero-order chi connectivity index (χ0) is 11.3. The van der Waals surface area contributed by atoms with Crippen LogP contribution in [0.25, 0.3) is 0 Å². The standard InChI is InChI=1S/C12H25NO2/c1-10(6-8-14-4)13-9-11-5-7-12(2,3)15-11/h10-11,13H,5-9H2,1-4H3. The van der Waals surface area contributed by atoms with Crippen LogP contribution in [-0.2, 0) is 9.47 Å². The van der Waals surface area contributed by atoms with Crippen LogP contribution in [0.3, 0.4) is 0 Å². The zero-order valence-corrected chi connectivity index (χ0v) is 10.5. The third-order valence-corrected chi connectivity index (χ3v) is 3.00. The van der Waals surface area contributed by atoms with E-state index in [0.29, 0.717) is 12.1 Å². The first-order valence-corrected chi connectivity index (χ1v) is 5.93. The lowest BCUT2D eigenvalue weighted by atomic mass is 10.1. The smallest absolute Gasteiger partial charge is 0.0707 e. The van der Waals surface area contributed by atoms with Gasteiger partial charge in [-0.25, -0.2) is 0 Å². The molecule has 0 saturated carbocycles. The van der Waals surface area contributed by atoms with Gasteiger partial charge in [0.1, 0.15) is 0 Å². The molecule has 1 N–H and O–H groups in total. The summed E-state index contributed by atoms with van der Waals surface area (Å²) in [4.78, 5) is 0. The van der Waals surface area contributed by atoms with Crippen LogP contribution < -0.4 is 5.32 Å². The molecular formula is C12H25NO2. The van der Waals surface area contributed by atoms with Gasteiger partial charge in [-0.1, -0.05) is 0 Å². The van der Waals surface area contributed by atoms with Gasteiger partial charge < -0.3 is 14.8 Å². The van der Waals surface area contributed by atoms with E-state index in [-0.39, 0.29) is 5.60 Å². The summed E-state index contributed by atoms with van der Waals surface area (Å²) in [5.41, 5.74) is 0.0854. The molecule has 3 heteroatoms. The van der Waals surface area contributed by atoms with Crippen molar-refractivity contribution in [1.82, 2.24) is 5.32 Å². The van der Waals surface area contributed by atoms with Crippen molar-refractivity contribution in [3.8, 4) is 0 Å². The molecule has 2 atom stereocenters. The predicted molar refractivity (Wildman–Crippen MR) is 62.1 cm³/mol. The van der Waals surface area contributed by atoms with E-state index in [2.05, 4.69) is 26.1 Å². The third-order valence-electron chi connectivity index (χ3n) is 3.00. The summed E-state index contributed by atoms with van der Waals surface area (Å²) in [7, 11) is 1.75. The second kappa shape index (κ2) is 5.83. The molecule has 0 aromatic heterocycles. The molecule has 0 bridgehead atoms. The number of methoxy groups -OCH3 is 1. The molecule has 1 fully saturated rings. The van der Waals surface area contributed by atoms with E-state index in [1.54, 1.807) is 7.11 Å². The average Bonchev–Trinajstić information content (AvgIpc) is 2.52. The normalized spacial score (nSPS) is 26.8. The van der Waals surface area contributed by atoms with E-state index in [1.807, 2.05) is 0 Å². The number of ether oxygens (including phenoxy) is 2. The van der Waals surface area contributed by atoms with Crippen LogP contribution in [0, 0.1) is 0 Å². The highest BCUT2D eigenvalue weighted by atomic mass is 16.5. The van der Waals surface area contributed by atoms with Crippen molar-refractivity contribution in [2.24, 2.45) is 0 Å². The molecule has 0 aliphatic carbocycles. The molecule has 90 valence electrons. The van der Waals surface area contributed by atoms with E-state index < -0.39 is 0 Å². The van der Waals surface area contributed by atoms with Crippen LogP contribution >= 0.6 is 0 Å². The van der Waals surface area contributed by atoms with Crippen molar-refractivity contribution in [1.29, 1.82) is 0 Å². The Morgan fingerprint density at radius 2 is 2.27 bits per heavy atom. The Morgan fingerprint density at radius 1 is 1.53 bits per heavy atom. The van der Waals surface area contributed by atoms with Gasteiger partial charge in [0.2, 0.25) is 0 Å². The summed E-state index contributed by atoms with van der Waals surface area (Å²) in [6.45, 7) is 8.32. The van der Waals surface area contributed by atoms with Crippen LogP contribution in [0.4, 0.5) is 0 Å². The van der Waals surface area contributed by atoms with Crippen LogP contribution in [0.5, 0.6) is 0 Å². The van der Waals surface area contributed by atoms with Crippen molar-refractivity contribution in [3.05, 3.63) is 0 Å². The Bertz CT molecular complexity index is 182. The lowest BCUT2D eigenvalue weighted by Gasteiger charge is -2.21. The minimum atomic E-state index is 0.0854. The fraction of sp³-hybridized carbons (Fsp3) is 1.00. The Labute approximate surface area is 93.5 Å². The zero-order valence-electron chi connectivity index (χ0n) is 10.5. The molecular weight excluding hydrogens is 190 g/mol. The molecule has 2 unspecified atom stereocenters. The molecule has 1 rings (SSSR count). The van der Waals surface area contributed by atoms with Gasteiger partial charge in [-0.2, -0.15) is 0 Å². The molecule has 15 heavy (non-hydrogen) atoms. The van der Waals surface area contributed by atoms with Crippen molar-refractivity contribution in [2.75, 3.05) is 20.3 Å². The van der Waals surface area contributed by atoms with Crippen LogP contribution in [-0.4, -0.2) is 38.0 Å². The largest absolute Gasteiger partial charge is 0.385 e. The van der Waals surface area contributed by atoms with Gasteiger partial charge in [-0.05, 0) is 40.0 Å². The van der Waals surface area contributed by atoms with Crippen molar-refractivity contribution in [3.63, 3.8) is 0 Å². The summed E-state index contributed by atoms with van der Waals surface area (Å²) in [6, 6.07) is 0.511. The Hall–Kier alpha value is -0.120. The molecule has 1 saturated heterocycles. The molecule has 1 aliphatic heterocycles. The summed E-state index contributed by atoms with van der Waals surface area (Å²) in [6.07, 6.45) is 3.81. The maximum Gasteiger partial charge on any atom is 0.0707 e. The third kappa shape index (κ3) is 4.96. The minimum absolute atomic E-state index is 0.0854. The fourth-order valence-corrected chi connectivity index (χ4v) is 1.95. The average molecular weight is 215 g/mol. The molecule has 0 aromatic rings. The Morgan fingerprint density at radius 3 is 2.80 bits per heavy atom. The SMILES string of the molecule is COCCC(C)NCC1CCC(C)(C)O1. The predicted octanol–water partition coefficient (Wildman–Crippen LogP) is 1.96. The van der Waals surface area contributed by atoms with E-state index in [4.69, 9.17) is 9.47 Å². The minimum Gasteiger partial charge on any atom is -0.385 e. The number of nitrogens with one attached hydrogen (secondary N) is 1. The number of hydrogen-bond acceptors (Lipinski definition) is 3. The van der Waals surface area contributed by atoms with Crippen LogP contribution in [0.2, 0.25) is 0 Å². The number of hydrogen-bond donors (Lipinski definition) is 1. The summed E-state index contributed by atoms with van der Waals surface area (Å²) in [5, 5.41) is 3.49. The first-order valence-electron chi connectivity index (χ1n) is 5.93. The Balaban J connectivity index is 2.10. The number of rotatable bonds is 6. The van der Waals surface area contributed by atoms with Gasteiger partial charge in [0.25, 0.3) is 0 Å². The molecule has 1 heterocycles. The van der Waals surface area contributed by atoms with Crippen LogP contribution in [0.1, 0.15) is 40.0 Å². The summed E-state index contributed by atoms with van der Waals surface area (Å²) in [5.74, 6) is 0. The van der Waals surface area contributed by atoms with E-state index in [0.717, 1.165) is 19.6 Å². The first kappa shape index (κ1) is 12.9. The molecule has 0 amide bonds. The van der Waals surface area contributed by atoms with Crippen molar-refractivity contribution < 1.29 is 9.47 Å².